The maximum absolute atomic E-state index is 11.3. The molecule has 0 bridgehead atoms. The molecule has 82 valence electrons. The minimum atomic E-state index is -0.227. The van der Waals surface area contributed by atoms with Crippen molar-refractivity contribution >= 4 is 5.97 Å². The fourth-order valence-corrected chi connectivity index (χ4v) is 1.20. The summed E-state index contributed by atoms with van der Waals surface area (Å²) in [5.74, 6) is 0.237. The highest BCUT2D eigenvalue weighted by Gasteiger charge is 2.09. The molecule has 14 heavy (non-hydrogen) atoms. The molecule has 0 atom stereocenters. The van der Waals surface area contributed by atoms with E-state index in [1.54, 1.807) is 0 Å². The quantitative estimate of drug-likeness (QED) is 0.356. The van der Waals surface area contributed by atoms with E-state index in [-0.39, 0.29) is 5.97 Å². The van der Waals surface area contributed by atoms with Crippen LogP contribution in [0.15, 0.2) is 12.2 Å². The van der Waals surface area contributed by atoms with E-state index in [9.17, 15) is 4.79 Å². The molecule has 0 spiro atoms. The van der Waals surface area contributed by atoms with Gasteiger partial charge in [0.2, 0.25) is 0 Å². The van der Waals surface area contributed by atoms with Crippen molar-refractivity contribution in [3.8, 4) is 0 Å². The van der Waals surface area contributed by atoms with Gasteiger partial charge in [-0.3, -0.25) is 0 Å². The van der Waals surface area contributed by atoms with Gasteiger partial charge in [-0.2, -0.15) is 0 Å². The van der Waals surface area contributed by atoms with Gasteiger partial charge in [-0.25, -0.2) is 4.79 Å². The van der Waals surface area contributed by atoms with Crippen LogP contribution in [0, 0.1) is 5.92 Å². The largest absolute Gasteiger partial charge is 0.462 e. The van der Waals surface area contributed by atoms with E-state index in [1.165, 1.54) is 0 Å². The first-order valence-electron chi connectivity index (χ1n) is 5.42. The molecule has 0 unspecified atom stereocenters. The molecule has 0 aromatic carbocycles. The maximum Gasteiger partial charge on any atom is 0.333 e. The molecule has 0 fully saturated rings. The first kappa shape index (κ1) is 13.2. The van der Waals surface area contributed by atoms with Crippen molar-refractivity contribution in [2.24, 2.45) is 5.92 Å². The van der Waals surface area contributed by atoms with Crippen LogP contribution in [0.2, 0.25) is 0 Å². The highest BCUT2D eigenvalue weighted by atomic mass is 16.5. The highest BCUT2D eigenvalue weighted by Crippen LogP contribution is 2.10. The van der Waals surface area contributed by atoms with Crippen molar-refractivity contribution < 1.29 is 9.53 Å². The Hall–Kier alpha value is -0.790. The second-order valence-electron chi connectivity index (χ2n) is 4.04. The Morgan fingerprint density at radius 3 is 2.50 bits per heavy atom. The molecule has 0 radical (unpaired) electrons. The molecule has 0 saturated heterocycles. The summed E-state index contributed by atoms with van der Waals surface area (Å²) in [7, 11) is 0. The minimum absolute atomic E-state index is 0.227. The van der Waals surface area contributed by atoms with Gasteiger partial charge in [0, 0.05) is 5.57 Å². The van der Waals surface area contributed by atoms with Crippen molar-refractivity contribution in [2.75, 3.05) is 6.61 Å². The van der Waals surface area contributed by atoms with Crippen LogP contribution in [-0.2, 0) is 9.53 Å². The van der Waals surface area contributed by atoms with Crippen molar-refractivity contribution in [3.63, 3.8) is 0 Å². The first-order valence-corrected chi connectivity index (χ1v) is 5.42. The standard InChI is InChI=1S/C12H22O2/c1-5-6-7-8-14-12(13)11(4)9-10(2)3/h10H,4-9H2,1-3H3. The van der Waals surface area contributed by atoms with Crippen LogP contribution < -0.4 is 0 Å². The van der Waals surface area contributed by atoms with Crippen LogP contribution in [0.5, 0.6) is 0 Å². The topological polar surface area (TPSA) is 26.3 Å². The summed E-state index contributed by atoms with van der Waals surface area (Å²) < 4.78 is 5.07. The predicted molar refractivity (Wildman–Crippen MR) is 59.1 cm³/mol. The molecule has 0 aliphatic rings. The number of hydrogen-bond acceptors (Lipinski definition) is 2. The third-order valence-corrected chi connectivity index (χ3v) is 1.92. The Kier molecular flexibility index (Phi) is 7.17. The second kappa shape index (κ2) is 7.60. The Balaban J connectivity index is 3.58. The number of carbonyl (C=O) groups is 1. The molecule has 0 rings (SSSR count). The van der Waals surface area contributed by atoms with Gasteiger partial charge in [0.1, 0.15) is 0 Å². The van der Waals surface area contributed by atoms with Gasteiger partial charge in [-0.1, -0.05) is 40.2 Å². The van der Waals surface area contributed by atoms with Gasteiger partial charge < -0.3 is 4.74 Å². The predicted octanol–water partition coefficient (Wildman–Crippen LogP) is 3.32. The molecule has 0 amide bonds. The van der Waals surface area contributed by atoms with Crippen molar-refractivity contribution in [1.82, 2.24) is 0 Å². The highest BCUT2D eigenvalue weighted by molar-refractivity contribution is 5.87. The van der Waals surface area contributed by atoms with Gasteiger partial charge in [0.15, 0.2) is 0 Å². The summed E-state index contributed by atoms with van der Waals surface area (Å²) in [6, 6.07) is 0. The molecular formula is C12H22O2. The van der Waals surface area contributed by atoms with Crippen LogP contribution in [0.3, 0.4) is 0 Å². The first-order chi connectivity index (χ1) is 6.57. The van der Waals surface area contributed by atoms with Gasteiger partial charge in [-0.05, 0) is 18.8 Å². The van der Waals surface area contributed by atoms with E-state index in [4.69, 9.17) is 4.74 Å². The molecule has 0 N–H and O–H groups in total. The fraction of sp³-hybridized carbons (Fsp3) is 0.750. The zero-order chi connectivity index (χ0) is 11.0. The second-order valence-corrected chi connectivity index (χ2v) is 4.04. The summed E-state index contributed by atoms with van der Waals surface area (Å²) >= 11 is 0. The number of rotatable bonds is 7. The van der Waals surface area contributed by atoms with Crippen LogP contribution in [0.1, 0.15) is 46.5 Å². The lowest BCUT2D eigenvalue weighted by Crippen LogP contribution is -2.09. The lowest BCUT2D eigenvalue weighted by atomic mass is 10.1. The number of unbranched alkanes of at least 4 members (excludes halogenated alkanes) is 2. The fourth-order valence-electron chi connectivity index (χ4n) is 1.20. The Morgan fingerprint density at radius 1 is 1.36 bits per heavy atom. The van der Waals surface area contributed by atoms with Crippen molar-refractivity contribution in [1.29, 1.82) is 0 Å². The van der Waals surface area contributed by atoms with Crippen LogP contribution in [0.4, 0.5) is 0 Å². The number of esters is 1. The normalized spacial score (nSPS) is 10.3. The average molecular weight is 198 g/mol. The minimum Gasteiger partial charge on any atom is -0.462 e. The summed E-state index contributed by atoms with van der Waals surface area (Å²) in [6.07, 6.45) is 3.94. The van der Waals surface area contributed by atoms with Gasteiger partial charge >= 0.3 is 5.97 Å². The van der Waals surface area contributed by atoms with E-state index >= 15 is 0 Å². The number of ether oxygens (including phenoxy) is 1. The van der Waals surface area contributed by atoms with E-state index in [0.717, 1.165) is 25.7 Å². The van der Waals surface area contributed by atoms with Crippen LogP contribution in [-0.4, -0.2) is 12.6 Å². The molecule has 0 aromatic heterocycles. The smallest absolute Gasteiger partial charge is 0.333 e. The molecule has 0 heterocycles. The van der Waals surface area contributed by atoms with Crippen molar-refractivity contribution in [3.05, 3.63) is 12.2 Å². The summed E-state index contributed by atoms with van der Waals surface area (Å²) in [6.45, 7) is 10.5. The Morgan fingerprint density at radius 2 is 2.00 bits per heavy atom. The summed E-state index contributed by atoms with van der Waals surface area (Å²) in [5.41, 5.74) is 0.594. The number of carbonyl (C=O) groups excluding carboxylic acids is 1. The van der Waals surface area contributed by atoms with E-state index in [2.05, 4.69) is 27.4 Å². The van der Waals surface area contributed by atoms with Crippen LogP contribution >= 0.6 is 0 Å². The van der Waals surface area contributed by atoms with Crippen LogP contribution in [0.25, 0.3) is 0 Å². The van der Waals surface area contributed by atoms with E-state index < -0.39 is 0 Å². The maximum atomic E-state index is 11.3. The monoisotopic (exact) mass is 198 g/mol. The van der Waals surface area contributed by atoms with Gasteiger partial charge in [0.25, 0.3) is 0 Å². The molecule has 2 nitrogen and oxygen atoms in total. The molecule has 2 heteroatoms. The lowest BCUT2D eigenvalue weighted by molar-refractivity contribution is -0.139. The third kappa shape index (κ3) is 6.70. The molecule has 0 saturated carbocycles. The summed E-state index contributed by atoms with van der Waals surface area (Å²) in [5, 5.41) is 0. The lowest BCUT2D eigenvalue weighted by Gasteiger charge is -2.08. The van der Waals surface area contributed by atoms with Gasteiger partial charge in [-0.15, -0.1) is 0 Å². The third-order valence-electron chi connectivity index (χ3n) is 1.92. The number of hydrogen-bond donors (Lipinski definition) is 0. The molecule has 0 aliphatic carbocycles. The average Bonchev–Trinajstić information content (AvgIpc) is 2.11. The molecular weight excluding hydrogens is 176 g/mol. The van der Waals surface area contributed by atoms with Crippen molar-refractivity contribution in [2.45, 2.75) is 46.5 Å². The zero-order valence-corrected chi connectivity index (χ0v) is 9.64. The zero-order valence-electron chi connectivity index (χ0n) is 9.64. The summed E-state index contributed by atoms with van der Waals surface area (Å²) in [4.78, 5) is 11.3. The molecule has 0 aliphatic heterocycles. The van der Waals surface area contributed by atoms with Gasteiger partial charge in [0.05, 0.1) is 6.61 Å². The Bertz CT molecular complexity index is 183. The Labute approximate surface area is 87.3 Å². The molecule has 0 aromatic rings. The van der Waals surface area contributed by atoms with E-state index in [1.807, 2.05) is 0 Å². The SMILES string of the molecule is C=C(CC(C)C)C(=O)OCCCCC. The van der Waals surface area contributed by atoms with E-state index in [0.29, 0.717) is 18.1 Å².